The van der Waals surface area contributed by atoms with Gasteiger partial charge in [0.1, 0.15) is 6.61 Å². The van der Waals surface area contributed by atoms with Gasteiger partial charge in [-0.15, -0.1) is 0 Å². The average molecular weight is 381 g/mol. The lowest BCUT2D eigenvalue weighted by Gasteiger charge is -2.32. The van der Waals surface area contributed by atoms with Crippen molar-refractivity contribution in [2.24, 2.45) is 0 Å². The smallest absolute Gasteiger partial charge is 0.410 e. The van der Waals surface area contributed by atoms with Gasteiger partial charge in [0.05, 0.1) is 0 Å². The number of hydrogen-bond donors (Lipinski definition) is 2. The molecule has 2 amide bonds. The predicted molar refractivity (Wildman–Crippen MR) is 110 cm³/mol. The first-order chi connectivity index (χ1) is 13.5. The normalized spacial score (nSPS) is 14.4. The number of carbonyl (C=O) groups excluding carboxylic acids is 2. The Morgan fingerprint density at radius 3 is 2.50 bits per heavy atom. The number of nitrogens with one attached hydrogen (secondary N) is 2. The quantitative estimate of drug-likeness (QED) is 0.816. The third-order valence-electron chi connectivity index (χ3n) is 4.88. The molecule has 0 radical (unpaired) electrons. The van der Waals surface area contributed by atoms with Crippen molar-refractivity contribution < 1.29 is 14.3 Å². The van der Waals surface area contributed by atoms with Crippen LogP contribution in [0.3, 0.4) is 0 Å². The fourth-order valence-electron chi connectivity index (χ4n) is 3.29. The molecule has 0 bridgehead atoms. The largest absolute Gasteiger partial charge is 0.445 e. The number of anilines is 2. The van der Waals surface area contributed by atoms with E-state index in [9.17, 15) is 9.59 Å². The number of aryl methyl sites for hydroxylation is 1. The Hall–Kier alpha value is -3.02. The van der Waals surface area contributed by atoms with E-state index in [4.69, 9.17) is 4.74 Å². The first-order valence-electron chi connectivity index (χ1n) is 9.61. The number of benzene rings is 2. The number of carbonyl (C=O) groups is 2. The van der Waals surface area contributed by atoms with Gasteiger partial charge in [0.15, 0.2) is 0 Å². The highest BCUT2D eigenvalue weighted by Crippen LogP contribution is 2.23. The molecule has 2 aromatic rings. The zero-order valence-corrected chi connectivity index (χ0v) is 16.4. The number of rotatable bonds is 5. The Labute approximate surface area is 165 Å². The molecule has 0 spiro atoms. The van der Waals surface area contributed by atoms with Gasteiger partial charge in [0, 0.05) is 37.4 Å². The molecular formula is C22H27N3O3. The lowest BCUT2D eigenvalue weighted by atomic mass is 10.0. The monoisotopic (exact) mass is 381 g/mol. The van der Waals surface area contributed by atoms with Crippen LogP contribution in [0, 0.1) is 6.92 Å². The molecule has 0 aromatic heterocycles. The minimum Gasteiger partial charge on any atom is -0.445 e. The van der Waals surface area contributed by atoms with Crippen LogP contribution in [-0.4, -0.2) is 36.0 Å². The van der Waals surface area contributed by atoms with Crippen LogP contribution in [0.25, 0.3) is 0 Å². The highest BCUT2D eigenvalue weighted by Gasteiger charge is 2.23. The molecule has 3 rings (SSSR count). The minimum absolute atomic E-state index is 0.0810. The van der Waals surface area contributed by atoms with Crippen molar-refractivity contribution in [2.45, 2.75) is 39.3 Å². The van der Waals surface area contributed by atoms with Crippen LogP contribution >= 0.6 is 0 Å². The summed E-state index contributed by atoms with van der Waals surface area (Å²) in [6.45, 7) is 5.10. The molecule has 1 heterocycles. The first-order valence-corrected chi connectivity index (χ1v) is 9.61. The van der Waals surface area contributed by atoms with E-state index < -0.39 is 0 Å². The maximum Gasteiger partial charge on any atom is 0.410 e. The molecular weight excluding hydrogens is 354 g/mol. The van der Waals surface area contributed by atoms with Crippen molar-refractivity contribution >= 4 is 23.4 Å². The molecule has 0 saturated carbocycles. The molecule has 0 atom stereocenters. The van der Waals surface area contributed by atoms with Gasteiger partial charge in [-0.2, -0.15) is 0 Å². The lowest BCUT2D eigenvalue weighted by molar-refractivity contribution is -0.114. The van der Waals surface area contributed by atoms with Gasteiger partial charge >= 0.3 is 6.09 Å². The first kappa shape index (κ1) is 19.7. The maximum absolute atomic E-state index is 12.3. The molecule has 1 fully saturated rings. The van der Waals surface area contributed by atoms with Crippen LogP contribution in [-0.2, 0) is 16.1 Å². The number of ether oxygens (including phenoxy) is 1. The summed E-state index contributed by atoms with van der Waals surface area (Å²) in [7, 11) is 0. The second kappa shape index (κ2) is 9.26. The van der Waals surface area contributed by atoms with Crippen LogP contribution in [0.15, 0.2) is 48.5 Å². The summed E-state index contributed by atoms with van der Waals surface area (Å²) in [5.41, 5.74) is 3.80. The Morgan fingerprint density at radius 2 is 1.82 bits per heavy atom. The molecule has 1 saturated heterocycles. The fourth-order valence-corrected chi connectivity index (χ4v) is 3.29. The fraction of sp³-hybridized carbons (Fsp3) is 0.364. The Bertz CT molecular complexity index is 815. The Balaban J connectivity index is 1.47. The van der Waals surface area contributed by atoms with Crippen LogP contribution in [0.2, 0.25) is 0 Å². The number of piperidine rings is 1. The molecule has 2 N–H and O–H groups in total. The summed E-state index contributed by atoms with van der Waals surface area (Å²) in [6.07, 6.45) is 1.44. The number of likely N-dealkylation sites (tertiary alicyclic amines) is 1. The maximum atomic E-state index is 12.3. The summed E-state index contributed by atoms with van der Waals surface area (Å²) >= 11 is 0. The van der Waals surface area contributed by atoms with E-state index >= 15 is 0 Å². The molecule has 28 heavy (non-hydrogen) atoms. The number of nitrogens with zero attached hydrogens (tertiary/aromatic N) is 1. The van der Waals surface area contributed by atoms with Crippen molar-refractivity contribution in [2.75, 3.05) is 23.7 Å². The van der Waals surface area contributed by atoms with Crippen molar-refractivity contribution in [3.8, 4) is 0 Å². The topological polar surface area (TPSA) is 70.7 Å². The zero-order chi connectivity index (χ0) is 19.9. The number of amides is 2. The van der Waals surface area contributed by atoms with Crippen molar-refractivity contribution in [3.05, 3.63) is 59.7 Å². The molecule has 6 heteroatoms. The average Bonchev–Trinajstić information content (AvgIpc) is 2.70. The van der Waals surface area contributed by atoms with E-state index in [0.29, 0.717) is 19.7 Å². The second-order valence-corrected chi connectivity index (χ2v) is 7.16. The summed E-state index contributed by atoms with van der Waals surface area (Å²) in [5, 5.41) is 6.36. The molecule has 0 unspecified atom stereocenters. The minimum atomic E-state index is -0.259. The van der Waals surface area contributed by atoms with Gasteiger partial charge in [-0.05, 0) is 43.0 Å². The highest BCUT2D eigenvalue weighted by molar-refractivity contribution is 5.90. The standard InChI is InChI=1S/C22H27N3O3/c1-16-8-9-20(14-21(16)23-17(2)26)24-19-10-12-25(13-11-19)22(27)28-15-18-6-4-3-5-7-18/h3-9,14,19,24H,10-13,15H2,1-2H3,(H,23,26). The summed E-state index contributed by atoms with van der Waals surface area (Å²) in [5.74, 6) is -0.0810. The van der Waals surface area contributed by atoms with Crippen LogP contribution in [0.5, 0.6) is 0 Å². The molecule has 2 aromatic carbocycles. The third kappa shape index (κ3) is 5.49. The summed E-state index contributed by atoms with van der Waals surface area (Å²) in [4.78, 5) is 25.4. The van der Waals surface area contributed by atoms with Crippen LogP contribution in [0.1, 0.15) is 30.9 Å². The van der Waals surface area contributed by atoms with Gasteiger partial charge in [-0.3, -0.25) is 4.79 Å². The van der Waals surface area contributed by atoms with E-state index in [2.05, 4.69) is 10.6 Å². The van der Waals surface area contributed by atoms with Gasteiger partial charge < -0.3 is 20.3 Å². The molecule has 6 nitrogen and oxygen atoms in total. The van der Waals surface area contributed by atoms with Crippen molar-refractivity contribution in [1.82, 2.24) is 4.90 Å². The van der Waals surface area contributed by atoms with E-state index in [1.54, 1.807) is 4.90 Å². The van der Waals surface area contributed by atoms with Crippen molar-refractivity contribution in [3.63, 3.8) is 0 Å². The van der Waals surface area contributed by atoms with Crippen LogP contribution < -0.4 is 10.6 Å². The SMILES string of the molecule is CC(=O)Nc1cc(NC2CCN(C(=O)OCc3ccccc3)CC2)ccc1C. The second-order valence-electron chi connectivity index (χ2n) is 7.16. The molecule has 0 aliphatic carbocycles. The van der Waals surface area contributed by atoms with E-state index in [1.807, 2.05) is 55.5 Å². The molecule has 1 aliphatic rings. The van der Waals surface area contributed by atoms with E-state index in [0.717, 1.165) is 35.3 Å². The highest BCUT2D eigenvalue weighted by atomic mass is 16.6. The predicted octanol–water partition coefficient (Wildman–Crippen LogP) is 4.17. The third-order valence-corrected chi connectivity index (χ3v) is 4.88. The van der Waals surface area contributed by atoms with Crippen LogP contribution in [0.4, 0.5) is 16.2 Å². The van der Waals surface area contributed by atoms with Gasteiger partial charge in [-0.25, -0.2) is 4.79 Å². The van der Waals surface area contributed by atoms with Gasteiger partial charge in [0.2, 0.25) is 5.91 Å². The zero-order valence-electron chi connectivity index (χ0n) is 16.4. The van der Waals surface area contributed by atoms with E-state index in [-0.39, 0.29) is 18.0 Å². The number of hydrogen-bond acceptors (Lipinski definition) is 4. The van der Waals surface area contributed by atoms with Gasteiger partial charge in [0.25, 0.3) is 0 Å². The lowest BCUT2D eigenvalue weighted by Crippen LogP contribution is -2.42. The molecule has 1 aliphatic heterocycles. The summed E-state index contributed by atoms with van der Waals surface area (Å²) < 4.78 is 5.41. The van der Waals surface area contributed by atoms with Gasteiger partial charge in [-0.1, -0.05) is 36.4 Å². The van der Waals surface area contributed by atoms with Crippen molar-refractivity contribution in [1.29, 1.82) is 0 Å². The van der Waals surface area contributed by atoms with E-state index in [1.165, 1.54) is 6.92 Å². The summed E-state index contributed by atoms with van der Waals surface area (Å²) in [6, 6.07) is 15.9. The Kier molecular flexibility index (Phi) is 6.53. The molecule has 148 valence electrons. The Morgan fingerprint density at radius 1 is 1.11 bits per heavy atom.